The molecule has 0 radical (unpaired) electrons. The fraction of sp³-hybridized carbons (Fsp3) is 1.00. The highest BCUT2D eigenvalue weighted by Gasteiger charge is 2.34. The van der Waals surface area contributed by atoms with Crippen LogP contribution in [0.25, 0.3) is 0 Å². The van der Waals surface area contributed by atoms with Crippen molar-refractivity contribution >= 4 is 22.9 Å². The molecule has 16 heavy (non-hydrogen) atoms. The van der Waals surface area contributed by atoms with Crippen LogP contribution >= 0.6 is 22.9 Å². The van der Waals surface area contributed by atoms with E-state index in [-0.39, 0.29) is 0 Å². The first-order chi connectivity index (χ1) is 7.74. The zero-order chi connectivity index (χ0) is 11.5. The van der Waals surface area contributed by atoms with Crippen LogP contribution in [0.5, 0.6) is 0 Å². The van der Waals surface area contributed by atoms with Gasteiger partial charge in [0.05, 0.1) is 0 Å². The third kappa shape index (κ3) is 2.91. The molecule has 0 amide bonds. The zero-order valence-corrected chi connectivity index (χ0v) is 12.8. The molecule has 0 unspecified atom stereocenters. The first kappa shape index (κ1) is 13.1. The third-order valence-corrected chi connectivity index (χ3v) is 5.30. The van der Waals surface area contributed by atoms with Crippen molar-refractivity contribution in [3.8, 4) is 0 Å². The Morgan fingerprint density at radius 3 is 2.12 bits per heavy atom. The van der Waals surface area contributed by atoms with Gasteiger partial charge in [-0.3, -0.25) is 4.90 Å². The molecule has 1 saturated carbocycles. The largest absolute Gasteiger partial charge is 0.295 e. The summed E-state index contributed by atoms with van der Waals surface area (Å²) in [6.07, 6.45) is 7.23. The Balaban J connectivity index is 1.81. The molecule has 94 valence electrons. The Kier molecular flexibility index (Phi) is 4.91. The van der Waals surface area contributed by atoms with Crippen molar-refractivity contribution in [2.75, 3.05) is 19.6 Å². The minimum atomic E-state index is 0.852. The summed E-state index contributed by atoms with van der Waals surface area (Å²) in [5, 5.41) is 0. The summed E-state index contributed by atoms with van der Waals surface area (Å²) in [7, 11) is 0. The van der Waals surface area contributed by atoms with Gasteiger partial charge in [-0.2, -0.15) is 0 Å². The second kappa shape index (κ2) is 6.01. The van der Waals surface area contributed by atoms with E-state index >= 15 is 0 Å². The zero-order valence-electron chi connectivity index (χ0n) is 10.7. The topological polar surface area (TPSA) is 6.48 Å². The van der Waals surface area contributed by atoms with Gasteiger partial charge in [-0.1, -0.05) is 20.3 Å². The molecule has 2 rings (SSSR count). The molecule has 0 aromatic heterocycles. The second-order valence-electron chi connectivity index (χ2n) is 5.39. The average molecular weight is 336 g/mol. The van der Waals surface area contributed by atoms with Gasteiger partial charge in [-0.05, 0) is 38.1 Å². The normalized spacial score (nSPS) is 33.0. The van der Waals surface area contributed by atoms with E-state index < -0.39 is 0 Å². The van der Waals surface area contributed by atoms with Gasteiger partial charge in [0.2, 0.25) is 0 Å². The van der Waals surface area contributed by atoms with Gasteiger partial charge in [0, 0.05) is 48.0 Å². The molecule has 0 aromatic carbocycles. The number of hydrogen-bond donors (Lipinski definition) is 0. The maximum Gasteiger partial charge on any atom is 0.0369 e. The predicted octanol–water partition coefficient (Wildman–Crippen LogP) is 3.31. The lowest BCUT2D eigenvalue weighted by molar-refractivity contribution is 0.0442. The van der Waals surface area contributed by atoms with Gasteiger partial charge in [-0.25, -0.2) is 3.11 Å². The van der Waals surface area contributed by atoms with Crippen LogP contribution in [0.3, 0.4) is 0 Å². The first-order valence-electron chi connectivity index (χ1n) is 6.91. The monoisotopic (exact) mass is 336 g/mol. The van der Waals surface area contributed by atoms with Gasteiger partial charge in [-0.15, -0.1) is 0 Å². The van der Waals surface area contributed by atoms with Crippen molar-refractivity contribution in [3.05, 3.63) is 0 Å². The maximum absolute atomic E-state index is 2.78. The minimum absolute atomic E-state index is 0.852. The highest BCUT2D eigenvalue weighted by molar-refractivity contribution is 14.1. The summed E-state index contributed by atoms with van der Waals surface area (Å²) in [5.74, 6) is 1.03. The number of likely N-dealkylation sites (N-methyl/N-ethyl adjacent to an activating group) is 1. The average Bonchev–Trinajstić information content (AvgIpc) is 2.28. The summed E-state index contributed by atoms with van der Waals surface area (Å²) >= 11 is 2.44. The van der Waals surface area contributed by atoms with Crippen LogP contribution in [0.1, 0.15) is 46.0 Å². The fourth-order valence-electron chi connectivity index (χ4n) is 3.31. The summed E-state index contributed by atoms with van der Waals surface area (Å²) in [4.78, 5) is 2.78. The molecular formula is C13H25IN2. The maximum atomic E-state index is 2.78. The molecule has 0 spiro atoms. The standard InChI is InChI=1S/C13H25IN2/c1-3-11-5-7-12(8-6-11)16(4-2)13-9-15(14)10-13/h11-13H,3-10H2,1-2H3. The van der Waals surface area contributed by atoms with E-state index in [1.807, 2.05) is 0 Å². The Hall–Kier alpha value is 0.650. The van der Waals surface area contributed by atoms with E-state index in [4.69, 9.17) is 0 Å². The smallest absolute Gasteiger partial charge is 0.0369 e. The molecule has 3 heteroatoms. The molecular weight excluding hydrogens is 311 g/mol. The third-order valence-electron chi connectivity index (χ3n) is 4.51. The quantitative estimate of drug-likeness (QED) is 0.574. The SMILES string of the molecule is CCC1CCC(N(CC)C2CN(I)C2)CC1. The summed E-state index contributed by atoms with van der Waals surface area (Å²) in [6, 6.07) is 1.74. The Morgan fingerprint density at radius 2 is 1.69 bits per heavy atom. The highest BCUT2D eigenvalue weighted by atomic mass is 127. The van der Waals surface area contributed by atoms with E-state index in [0.717, 1.165) is 18.0 Å². The van der Waals surface area contributed by atoms with Crippen LogP contribution in [-0.4, -0.2) is 39.7 Å². The minimum Gasteiger partial charge on any atom is -0.295 e. The predicted molar refractivity (Wildman–Crippen MR) is 77.8 cm³/mol. The highest BCUT2D eigenvalue weighted by Crippen LogP contribution is 2.32. The van der Waals surface area contributed by atoms with Crippen LogP contribution in [0, 0.1) is 5.92 Å². The summed E-state index contributed by atoms with van der Waals surface area (Å²) < 4.78 is 2.41. The van der Waals surface area contributed by atoms with Crippen molar-refractivity contribution in [1.29, 1.82) is 0 Å². The second-order valence-corrected chi connectivity index (χ2v) is 6.76. The number of halogens is 1. The van der Waals surface area contributed by atoms with Gasteiger partial charge in [0.25, 0.3) is 0 Å². The number of rotatable bonds is 4. The van der Waals surface area contributed by atoms with Crippen LogP contribution < -0.4 is 0 Å². The molecule has 1 heterocycles. The number of hydrogen-bond acceptors (Lipinski definition) is 2. The van der Waals surface area contributed by atoms with Crippen molar-refractivity contribution in [3.63, 3.8) is 0 Å². The Morgan fingerprint density at radius 1 is 1.06 bits per heavy atom. The molecule has 1 aliphatic carbocycles. The van der Waals surface area contributed by atoms with Gasteiger partial charge >= 0.3 is 0 Å². The summed E-state index contributed by atoms with van der Waals surface area (Å²) in [5.41, 5.74) is 0. The van der Waals surface area contributed by atoms with E-state index in [2.05, 4.69) is 44.7 Å². The Labute approximate surface area is 114 Å². The van der Waals surface area contributed by atoms with Crippen molar-refractivity contribution in [1.82, 2.24) is 8.01 Å². The molecule has 2 aliphatic rings. The lowest BCUT2D eigenvalue weighted by Gasteiger charge is -2.47. The van der Waals surface area contributed by atoms with Gasteiger partial charge in [0.1, 0.15) is 0 Å². The van der Waals surface area contributed by atoms with Crippen molar-refractivity contribution < 1.29 is 0 Å². The first-order valence-corrected chi connectivity index (χ1v) is 7.87. The molecule has 1 saturated heterocycles. The number of nitrogens with zero attached hydrogens (tertiary/aromatic N) is 2. The molecule has 2 nitrogen and oxygen atoms in total. The van der Waals surface area contributed by atoms with Crippen molar-refractivity contribution in [2.45, 2.75) is 58.0 Å². The fourth-order valence-corrected chi connectivity index (χ4v) is 4.22. The summed E-state index contributed by atoms with van der Waals surface area (Å²) in [6.45, 7) is 8.49. The van der Waals surface area contributed by atoms with Crippen molar-refractivity contribution in [2.24, 2.45) is 5.92 Å². The molecule has 2 fully saturated rings. The van der Waals surface area contributed by atoms with E-state index in [9.17, 15) is 0 Å². The van der Waals surface area contributed by atoms with E-state index in [1.54, 1.807) is 0 Å². The Bertz CT molecular complexity index is 208. The molecule has 0 aromatic rings. The van der Waals surface area contributed by atoms with Crippen LogP contribution in [0.4, 0.5) is 0 Å². The molecule has 0 atom stereocenters. The molecule has 0 N–H and O–H groups in total. The van der Waals surface area contributed by atoms with Crippen LogP contribution in [0.15, 0.2) is 0 Å². The van der Waals surface area contributed by atoms with E-state index in [0.29, 0.717) is 0 Å². The van der Waals surface area contributed by atoms with Crippen LogP contribution in [-0.2, 0) is 0 Å². The molecule has 1 aliphatic heterocycles. The van der Waals surface area contributed by atoms with E-state index in [1.165, 1.54) is 51.7 Å². The van der Waals surface area contributed by atoms with Gasteiger partial charge in [0.15, 0.2) is 0 Å². The van der Waals surface area contributed by atoms with Gasteiger partial charge < -0.3 is 0 Å². The lowest BCUT2D eigenvalue weighted by Crippen LogP contribution is -2.58. The molecule has 0 bridgehead atoms. The lowest BCUT2D eigenvalue weighted by atomic mass is 9.83. The van der Waals surface area contributed by atoms with Crippen LogP contribution in [0.2, 0.25) is 0 Å².